The Morgan fingerprint density at radius 3 is 2.76 bits per heavy atom. The molecule has 17 heavy (non-hydrogen) atoms. The summed E-state index contributed by atoms with van der Waals surface area (Å²) in [5, 5.41) is 0. The summed E-state index contributed by atoms with van der Waals surface area (Å²) >= 11 is 3.42. The van der Waals surface area contributed by atoms with Crippen LogP contribution in [0.3, 0.4) is 0 Å². The molecule has 0 aliphatic rings. The number of aromatic nitrogens is 1. The first kappa shape index (κ1) is 12.0. The molecule has 1 heterocycles. The third-order valence-electron chi connectivity index (χ3n) is 2.39. The summed E-state index contributed by atoms with van der Waals surface area (Å²) in [5.41, 5.74) is 1.68. The molecule has 2 aromatic rings. The lowest BCUT2D eigenvalue weighted by Gasteiger charge is -2.04. The van der Waals surface area contributed by atoms with Crippen molar-refractivity contribution < 1.29 is 9.21 Å². The number of oxazole rings is 1. The number of benzene rings is 1. The zero-order valence-electron chi connectivity index (χ0n) is 9.61. The summed E-state index contributed by atoms with van der Waals surface area (Å²) in [5.74, 6) is 1.05. The van der Waals surface area contributed by atoms with Crippen LogP contribution in [0.1, 0.15) is 36.2 Å². The number of nitrogens with zero attached hydrogens (tertiary/aromatic N) is 1. The van der Waals surface area contributed by atoms with Gasteiger partial charge in [0.1, 0.15) is 11.5 Å². The molecule has 2 rings (SSSR count). The van der Waals surface area contributed by atoms with Gasteiger partial charge in [0.25, 0.3) is 5.89 Å². The highest BCUT2D eigenvalue weighted by atomic mass is 79.9. The monoisotopic (exact) mass is 293 g/mol. The number of aldehydes is 1. The molecule has 0 aliphatic heterocycles. The molecular formula is C13H12BrNO2. The van der Waals surface area contributed by atoms with E-state index in [1.165, 1.54) is 0 Å². The lowest BCUT2D eigenvalue weighted by molar-refractivity contribution is 0.109. The Morgan fingerprint density at radius 2 is 2.18 bits per heavy atom. The summed E-state index contributed by atoms with van der Waals surface area (Å²) in [7, 11) is 0. The molecule has 88 valence electrons. The van der Waals surface area contributed by atoms with Gasteiger partial charge in [0.2, 0.25) is 6.29 Å². The first-order chi connectivity index (χ1) is 8.11. The second-order valence-electron chi connectivity index (χ2n) is 4.05. The Hall–Kier alpha value is -1.42. The number of hydrogen-bond acceptors (Lipinski definition) is 3. The van der Waals surface area contributed by atoms with E-state index in [0.29, 0.717) is 6.29 Å². The van der Waals surface area contributed by atoms with Gasteiger partial charge in [-0.2, -0.15) is 0 Å². The Balaban J connectivity index is 2.57. The quantitative estimate of drug-likeness (QED) is 0.802. The molecule has 1 aromatic heterocycles. The molecule has 1 aromatic carbocycles. The molecule has 0 saturated heterocycles. The van der Waals surface area contributed by atoms with E-state index in [4.69, 9.17) is 4.42 Å². The van der Waals surface area contributed by atoms with Gasteiger partial charge in [0.05, 0.1) is 0 Å². The van der Waals surface area contributed by atoms with Gasteiger partial charge in [-0.25, -0.2) is 4.98 Å². The van der Waals surface area contributed by atoms with Gasteiger partial charge >= 0.3 is 0 Å². The van der Waals surface area contributed by atoms with Crippen LogP contribution in [-0.4, -0.2) is 11.3 Å². The van der Waals surface area contributed by atoms with Crippen LogP contribution in [0, 0.1) is 0 Å². The molecule has 0 atom stereocenters. The topological polar surface area (TPSA) is 43.1 Å². The summed E-state index contributed by atoms with van der Waals surface area (Å²) in [6.45, 7) is 4.02. The molecule has 0 saturated carbocycles. The van der Waals surface area contributed by atoms with Crippen LogP contribution in [0.4, 0.5) is 0 Å². The zero-order valence-corrected chi connectivity index (χ0v) is 11.2. The maximum Gasteiger partial charge on any atom is 0.260 e. The second-order valence-corrected chi connectivity index (χ2v) is 4.96. The largest absolute Gasteiger partial charge is 0.438 e. The molecule has 0 aliphatic carbocycles. The third-order valence-corrected chi connectivity index (χ3v) is 2.89. The Kier molecular flexibility index (Phi) is 3.43. The highest BCUT2D eigenvalue weighted by molar-refractivity contribution is 9.10. The molecule has 0 spiro atoms. The fourth-order valence-electron chi connectivity index (χ4n) is 1.63. The van der Waals surface area contributed by atoms with Crippen molar-refractivity contribution in [3.05, 3.63) is 40.4 Å². The average molecular weight is 294 g/mol. The lowest BCUT2D eigenvalue weighted by atomic mass is 10.0. The number of rotatable bonds is 3. The van der Waals surface area contributed by atoms with Crippen LogP contribution in [0.15, 0.2) is 33.2 Å². The standard InChI is InChI=1S/C13H12BrNO2/c1-8(2)13-12(15-11(7-16)17-13)9-4-3-5-10(14)6-9/h3-8H,1-2H3. The van der Waals surface area contributed by atoms with E-state index in [0.717, 1.165) is 21.5 Å². The number of hydrogen-bond donors (Lipinski definition) is 0. The van der Waals surface area contributed by atoms with Gasteiger partial charge in [-0.1, -0.05) is 41.9 Å². The van der Waals surface area contributed by atoms with Crippen LogP contribution in [0.5, 0.6) is 0 Å². The second kappa shape index (κ2) is 4.84. The minimum atomic E-state index is 0.128. The van der Waals surface area contributed by atoms with Gasteiger partial charge < -0.3 is 4.42 Å². The third kappa shape index (κ3) is 2.47. The van der Waals surface area contributed by atoms with Gasteiger partial charge in [-0.15, -0.1) is 0 Å². The van der Waals surface area contributed by atoms with E-state index in [2.05, 4.69) is 20.9 Å². The SMILES string of the molecule is CC(C)c1oc(C=O)nc1-c1cccc(Br)c1. The molecular weight excluding hydrogens is 282 g/mol. The minimum absolute atomic E-state index is 0.128. The highest BCUT2D eigenvalue weighted by Gasteiger charge is 2.17. The highest BCUT2D eigenvalue weighted by Crippen LogP contribution is 2.30. The van der Waals surface area contributed by atoms with E-state index in [9.17, 15) is 4.79 Å². The van der Waals surface area contributed by atoms with E-state index >= 15 is 0 Å². The number of halogens is 1. The summed E-state index contributed by atoms with van der Waals surface area (Å²) < 4.78 is 6.40. The van der Waals surface area contributed by atoms with Crippen LogP contribution in [0.25, 0.3) is 11.3 Å². The van der Waals surface area contributed by atoms with Crippen molar-refractivity contribution in [3.8, 4) is 11.3 Å². The molecule has 0 amide bonds. The van der Waals surface area contributed by atoms with E-state index in [1.807, 2.05) is 38.1 Å². The fraction of sp³-hybridized carbons (Fsp3) is 0.231. The van der Waals surface area contributed by atoms with Crippen molar-refractivity contribution in [1.82, 2.24) is 4.98 Å². The fourth-order valence-corrected chi connectivity index (χ4v) is 2.03. The van der Waals surface area contributed by atoms with E-state index < -0.39 is 0 Å². The Labute approximate surface area is 108 Å². The van der Waals surface area contributed by atoms with Crippen molar-refractivity contribution in [1.29, 1.82) is 0 Å². The van der Waals surface area contributed by atoms with Crippen molar-refractivity contribution in [2.45, 2.75) is 19.8 Å². The minimum Gasteiger partial charge on any atom is -0.438 e. The van der Waals surface area contributed by atoms with Crippen LogP contribution in [0.2, 0.25) is 0 Å². The van der Waals surface area contributed by atoms with Crippen LogP contribution >= 0.6 is 15.9 Å². The molecule has 0 radical (unpaired) electrons. The van der Waals surface area contributed by atoms with Gasteiger partial charge in [-0.3, -0.25) is 4.79 Å². The maximum atomic E-state index is 10.7. The van der Waals surface area contributed by atoms with Gasteiger partial charge in [-0.05, 0) is 12.1 Å². The van der Waals surface area contributed by atoms with Crippen molar-refractivity contribution in [2.24, 2.45) is 0 Å². The van der Waals surface area contributed by atoms with Crippen molar-refractivity contribution in [2.75, 3.05) is 0 Å². The normalized spacial score (nSPS) is 10.8. The van der Waals surface area contributed by atoms with Gasteiger partial charge in [0.15, 0.2) is 0 Å². The summed E-state index contributed by atoms with van der Waals surface area (Å²) in [6.07, 6.45) is 0.632. The average Bonchev–Trinajstić information content (AvgIpc) is 2.73. The molecule has 3 nitrogen and oxygen atoms in total. The van der Waals surface area contributed by atoms with Crippen molar-refractivity contribution in [3.63, 3.8) is 0 Å². The molecule has 4 heteroatoms. The predicted molar refractivity (Wildman–Crippen MR) is 69.1 cm³/mol. The number of carbonyl (C=O) groups excluding carboxylic acids is 1. The summed E-state index contributed by atoms with van der Waals surface area (Å²) in [6, 6.07) is 7.78. The maximum absolute atomic E-state index is 10.7. The van der Waals surface area contributed by atoms with E-state index in [-0.39, 0.29) is 11.8 Å². The smallest absolute Gasteiger partial charge is 0.260 e. The molecule has 0 unspecified atom stereocenters. The number of carbonyl (C=O) groups is 1. The van der Waals surface area contributed by atoms with Crippen LogP contribution in [-0.2, 0) is 0 Å². The lowest BCUT2D eigenvalue weighted by Crippen LogP contribution is -1.88. The van der Waals surface area contributed by atoms with Crippen molar-refractivity contribution >= 4 is 22.2 Å². The van der Waals surface area contributed by atoms with Crippen LogP contribution < -0.4 is 0 Å². The van der Waals surface area contributed by atoms with Gasteiger partial charge in [0, 0.05) is 16.0 Å². The molecule has 0 bridgehead atoms. The Morgan fingerprint density at radius 1 is 1.41 bits per heavy atom. The first-order valence-electron chi connectivity index (χ1n) is 5.33. The zero-order chi connectivity index (χ0) is 12.4. The van der Waals surface area contributed by atoms with E-state index in [1.54, 1.807) is 0 Å². The molecule has 0 fully saturated rings. The molecule has 0 N–H and O–H groups in total. The first-order valence-corrected chi connectivity index (χ1v) is 6.13. The predicted octanol–water partition coefficient (Wildman–Crippen LogP) is 4.04. The Bertz CT molecular complexity index is 546. The summed E-state index contributed by atoms with van der Waals surface area (Å²) in [4.78, 5) is 14.9.